The van der Waals surface area contributed by atoms with Gasteiger partial charge in [0.2, 0.25) is 0 Å². The molecule has 0 radical (unpaired) electrons. The number of aliphatic hydroxyl groups is 1. The molecule has 1 heterocycles. The van der Waals surface area contributed by atoms with Crippen LogP contribution in [0.3, 0.4) is 0 Å². The third-order valence-corrected chi connectivity index (χ3v) is 4.66. The van der Waals surface area contributed by atoms with E-state index >= 15 is 0 Å². The number of hydrogen-bond donors (Lipinski definition) is 1. The van der Waals surface area contributed by atoms with E-state index in [-0.39, 0.29) is 30.4 Å². The predicted molar refractivity (Wildman–Crippen MR) is 83.0 cm³/mol. The SMILES string of the molecule is O=C1CC=C(F)CC1CC(O)CN1CCc2ccccc2C1. The van der Waals surface area contributed by atoms with Gasteiger partial charge in [-0.25, -0.2) is 4.39 Å². The number of fused-ring (bicyclic) bond motifs is 1. The topological polar surface area (TPSA) is 40.5 Å². The zero-order chi connectivity index (χ0) is 15.5. The monoisotopic (exact) mass is 303 g/mol. The minimum atomic E-state index is -0.579. The van der Waals surface area contributed by atoms with Crippen molar-refractivity contribution in [1.29, 1.82) is 0 Å². The molecular formula is C18H22FNO2. The summed E-state index contributed by atoms with van der Waals surface area (Å²) in [5.74, 6) is -0.537. The van der Waals surface area contributed by atoms with E-state index in [2.05, 4.69) is 23.1 Å². The third kappa shape index (κ3) is 3.62. The summed E-state index contributed by atoms with van der Waals surface area (Å²) < 4.78 is 13.3. The Morgan fingerprint density at radius 3 is 2.91 bits per heavy atom. The molecule has 0 amide bonds. The number of rotatable bonds is 4. The number of hydrogen-bond acceptors (Lipinski definition) is 3. The van der Waals surface area contributed by atoms with Crippen LogP contribution in [-0.4, -0.2) is 35.0 Å². The minimum Gasteiger partial charge on any atom is -0.392 e. The van der Waals surface area contributed by atoms with Gasteiger partial charge >= 0.3 is 0 Å². The zero-order valence-electron chi connectivity index (χ0n) is 12.7. The van der Waals surface area contributed by atoms with Crippen molar-refractivity contribution in [2.24, 2.45) is 5.92 Å². The van der Waals surface area contributed by atoms with Crippen LogP contribution in [0.15, 0.2) is 36.2 Å². The molecule has 0 saturated carbocycles. The van der Waals surface area contributed by atoms with Gasteiger partial charge < -0.3 is 5.11 Å². The number of β-amino-alcohol motifs (C(OH)–C–C–N with tert-alkyl or cyclic N) is 1. The van der Waals surface area contributed by atoms with Crippen molar-refractivity contribution in [3.05, 3.63) is 47.3 Å². The molecule has 3 rings (SSSR count). The van der Waals surface area contributed by atoms with Gasteiger partial charge in [-0.05, 0) is 30.0 Å². The lowest BCUT2D eigenvalue weighted by Gasteiger charge is -2.31. The molecular weight excluding hydrogens is 281 g/mol. The molecule has 1 aliphatic heterocycles. The third-order valence-electron chi connectivity index (χ3n) is 4.66. The van der Waals surface area contributed by atoms with Crippen LogP contribution >= 0.6 is 0 Å². The Morgan fingerprint density at radius 1 is 1.32 bits per heavy atom. The molecule has 4 heteroatoms. The van der Waals surface area contributed by atoms with Gasteiger partial charge in [0, 0.05) is 38.4 Å². The molecule has 0 saturated heterocycles. The molecule has 0 bridgehead atoms. The number of Topliss-reactive ketones (excluding diaryl/α,β-unsaturated/α-hetero) is 1. The van der Waals surface area contributed by atoms with E-state index in [9.17, 15) is 14.3 Å². The molecule has 2 aliphatic rings. The van der Waals surface area contributed by atoms with Crippen LogP contribution in [-0.2, 0) is 17.8 Å². The lowest BCUT2D eigenvalue weighted by molar-refractivity contribution is -0.123. The summed E-state index contributed by atoms with van der Waals surface area (Å²) >= 11 is 0. The molecule has 22 heavy (non-hydrogen) atoms. The fraction of sp³-hybridized carbons (Fsp3) is 0.500. The van der Waals surface area contributed by atoms with Crippen molar-refractivity contribution in [2.45, 2.75) is 38.3 Å². The number of aliphatic hydroxyl groups excluding tert-OH is 1. The lowest BCUT2D eigenvalue weighted by Crippen LogP contribution is -2.38. The number of nitrogens with zero attached hydrogens (tertiary/aromatic N) is 1. The first-order valence-corrected chi connectivity index (χ1v) is 7.96. The Morgan fingerprint density at radius 2 is 2.09 bits per heavy atom. The molecule has 0 aromatic heterocycles. The van der Waals surface area contributed by atoms with Crippen LogP contribution in [0.4, 0.5) is 4.39 Å². The zero-order valence-corrected chi connectivity index (χ0v) is 12.7. The second-order valence-electron chi connectivity index (χ2n) is 6.37. The number of ketones is 1. The Balaban J connectivity index is 1.53. The molecule has 118 valence electrons. The van der Waals surface area contributed by atoms with Crippen LogP contribution in [0.2, 0.25) is 0 Å². The first-order chi connectivity index (χ1) is 10.6. The van der Waals surface area contributed by atoms with Gasteiger partial charge in [0.05, 0.1) is 11.9 Å². The Hall–Kier alpha value is -1.52. The fourth-order valence-corrected chi connectivity index (χ4v) is 3.44. The molecule has 2 atom stereocenters. The van der Waals surface area contributed by atoms with Crippen LogP contribution in [0.1, 0.15) is 30.4 Å². The normalized spacial score (nSPS) is 23.8. The molecule has 0 spiro atoms. The van der Waals surface area contributed by atoms with Gasteiger partial charge in [0.25, 0.3) is 0 Å². The van der Waals surface area contributed by atoms with Crippen molar-refractivity contribution in [3.8, 4) is 0 Å². The first kappa shape index (κ1) is 15.4. The number of benzene rings is 1. The standard InChI is InChI=1S/C18H22FNO2/c19-16-5-6-18(22)15(9-16)10-17(21)12-20-8-7-13-3-1-2-4-14(13)11-20/h1-5,15,17,21H,6-12H2. The smallest absolute Gasteiger partial charge is 0.140 e. The molecule has 3 nitrogen and oxygen atoms in total. The Labute approximate surface area is 130 Å². The van der Waals surface area contributed by atoms with Gasteiger partial charge in [0.15, 0.2) is 0 Å². The van der Waals surface area contributed by atoms with E-state index < -0.39 is 6.10 Å². The molecule has 1 aliphatic carbocycles. The highest BCUT2D eigenvalue weighted by Gasteiger charge is 2.27. The van der Waals surface area contributed by atoms with E-state index in [1.54, 1.807) is 0 Å². The minimum absolute atomic E-state index is 0.0458. The van der Waals surface area contributed by atoms with E-state index in [1.807, 2.05) is 6.07 Å². The summed E-state index contributed by atoms with van der Waals surface area (Å²) in [7, 11) is 0. The quantitative estimate of drug-likeness (QED) is 0.929. The Bertz CT molecular complexity index is 584. The second kappa shape index (κ2) is 6.71. The average molecular weight is 303 g/mol. The lowest BCUT2D eigenvalue weighted by atomic mass is 9.87. The highest BCUT2D eigenvalue weighted by molar-refractivity contribution is 5.83. The van der Waals surface area contributed by atoms with E-state index in [0.717, 1.165) is 19.5 Å². The van der Waals surface area contributed by atoms with Gasteiger partial charge in [-0.15, -0.1) is 0 Å². The highest BCUT2D eigenvalue weighted by Crippen LogP contribution is 2.26. The number of allylic oxidation sites excluding steroid dienone is 2. The summed E-state index contributed by atoms with van der Waals surface area (Å²) in [5, 5.41) is 10.3. The first-order valence-electron chi connectivity index (χ1n) is 7.96. The van der Waals surface area contributed by atoms with Gasteiger partial charge in [-0.2, -0.15) is 0 Å². The maximum absolute atomic E-state index is 13.3. The van der Waals surface area contributed by atoms with Crippen molar-refractivity contribution < 1.29 is 14.3 Å². The average Bonchev–Trinajstić information content (AvgIpc) is 2.51. The van der Waals surface area contributed by atoms with Crippen LogP contribution < -0.4 is 0 Å². The summed E-state index contributed by atoms with van der Waals surface area (Å²) in [5.41, 5.74) is 2.69. The van der Waals surface area contributed by atoms with E-state index in [4.69, 9.17) is 0 Å². The van der Waals surface area contributed by atoms with Crippen LogP contribution in [0.25, 0.3) is 0 Å². The fourth-order valence-electron chi connectivity index (χ4n) is 3.44. The van der Waals surface area contributed by atoms with Crippen molar-refractivity contribution in [1.82, 2.24) is 4.90 Å². The van der Waals surface area contributed by atoms with Crippen molar-refractivity contribution in [2.75, 3.05) is 13.1 Å². The molecule has 1 aromatic carbocycles. The predicted octanol–water partition coefficient (Wildman–Crippen LogP) is 2.63. The summed E-state index contributed by atoms with van der Waals surface area (Å²) in [6, 6.07) is 8.37. The molecule has 2 unspecified atom stereocenters. The summed E-state index contributed by atoms with van der Waals surface area (Å²) in [6.45, 7) is 2.30. The highest BCUT2D eigenvalue weighted by atomic mass is 19.1. The number of carbonyl (C=O) groups is 1. The largest absolute Gasteiger partial charge is 0.392 e. The number of halogens is 1. The van der Waals surface area contributed by atoms with E-state index in [1.165, 1.54) is 17.2 Å². The maximum atomic E-state index is 13.3. The molecule has 1 aromatic rings. The van der Waals surface area contributed by atoms with Crippen molar-refractivity contribution >= 4 is 5.78 Å². The summed E-state index contributed by atoms with van der Waals surface area (Å²) in [6.07, 6.45) is 2.44. The van der Waals surface area contributed by atoms with Gasteiger partial charge in [-0.1, -0.05) is 24.3 Å². The van der Waals surface area contributed by atoms with Crippen molar-refractivity contribution in [3.63, 3.8) is 0 Å². The van der Waals surface area contributed by atoms with Gasteiger partial charge in [0.1, 0.15) is 5.78 Å². The van der Waals surface area contributed by atoms with Crippen LogP contribution in [0, 0.1) is 5.92 Å². The van der Waals surface area contributed by atoms with Gasteiger partial charge in [-0.3, -0.25) is 9.69 Å². The Kier molecular flexibility index (Phi) is 4.69. The second-order valence-corrected chi connectivity index (χ2v) is 6.37. The summed E-state index contributed by atoms with van der Waals surface area (Å²) in [4.78, 5) is 14.0. The molecule has 0 fully saturated rings. The van der Waals surface area contributed by atoms with E-state index in [0.29, 0.717) is 13.0 Å². The molecule has 1 N–H and O–H groups in total. The maximum Gasteiger partial charge on any atom is 0.140 e. The number of carbonyl (C=O) groups excluding carboxylic acids is 1. The van der Waals surface area contributed by atoms with Crippen LogP contribution in [0.5, 0.6) is 0 Å².